The van der Waals surface area contributed by atoms with E-state index in [-0.39, 0.29) is 12.1 Å². The molecule has 1 aromatic heterocycles. The molecule has 1 unspecified atom stereocenters. The second kappa shape index (κ2) is 7.55. The highest BCUT2D eigenvalue weighted by Crippen LogP contribution is 2.18. The van der Waals surface area contributed by atoms with Gasteiger partial charge in [-0.05, 0) is 55.0 Å². The molecule has 5 nitrogen and oxygen atoms in total. The lowest BCUT2D eigenvalue weighted by molar-refractivity contribution is 0.233. The minimum atomic E-state index is -0.0782. The molecule has 2 amide bonds. The molecule has 0 radical (unpaired) electrons. The molecule has 0 spiro atoms. The number of urea groups is 1. The van der Waals surface area contributed by atoms with Crippen molar-refractivity contribution in [3.05, 3.63) is 48.3 Å². The van der Waals surface area contributed by atoms with Gasteiger partial charge < -0.3 is 10.6 Å². The molecule has 0 bridgehead atoms. The van der Waals surface area contributed by atoms with Crippen LogP contribution in [0.4, 0.5) is 4.79 Å². The summed E-state index contributed by atoms with van der Waals surface area (Å²) in [4.78, 5) is 12.1. The van der Waals surface area contributed by atoms with Gasteiger partial charge in [-0.1, -0.05) is 12.1 Å². The largest absolute Gasteiger partial charge is 0.335 e. The molecule has 1 aliphatic rings. The molecule has 1 atom stereocenters. The Kier molecular flexibility index (Phi) is 5.23. The number of carbonyl (C=O) groups excluding carboxylic acids is 1. The number of aromatic nitrogens is 2. The quantitative estimate of drug-likeness (QED) is 0.905. The van der Waals surface area contributed by atoms with E-state index >= 15 is 0 Å². The van der Waals surface area contributed by atoms with Crippen LogP contribution in [0, 0.1) is 0 Å². The van der Waals surface area contributed by atoms with Crippen LogP contribution in [0.2, 0.25) is 0 Å². The number of hydrogen-bond acceptors (Lipinski definition) is 3. The molecule has 0 aliphatic carbocycles. The van der Waals surface area contributed by atoms with Gasteiger partial charge >= 0.3 is 6.03 Å². The maximum absolute atomic E-state index is 12.1. The van der Waals surface area contributed by atoms with Crippen molar-refractivity contribution in [2.24, 2.45) is 0 Å². The highest BCUT2D eigenvalue weighted by atomic mass is 32.2. The van der Waals surface area contributed by atoms with Crippen LogP contribution in [0.5, 0.6) is 0 Å². The molecule has 3 rings (SSSR count). The number of hydrogen-bond donors (Lipinski definition) is 2. The number of amides is 2. The van der Waals surface area contributed by atoms with Gasteiger partial charge in [-0.2, -0.15) is 16.9 Å². The first-order valence-electron chi connectivity index (χ1n) is 7.97. The molecule has 122 valence electrons. The van der Waals surface area contributed by atoms with Crippen molar-refractivity contribution in [2.75, 3.05) is 11.5 Å². The Labute approximate surface area is 140 Å². The summed E-state index contributed by atoms with van der Waals surface area (Å²) in [5.41, 5.74) is 2.09. The van der Waals surface area contributed by atoms with Crippen LogP contribution in [0.1, 0.15) is 31.4 Å². The topological polar surface area (TPSA) is 59.0 Å². The lowest BCUT2D eigenvalue weighted by Crippen LogP contribution is -2.44. The Morgan fingerprint density at radius 1 is 1.30 bits per heavy atom. The normalized spacial score (nSPS) is 16.7. The third-order valence-electron chi connectivity index (χ3n) is 4.07. The maximum Gasteiger partial charge on any atom is 0.315 e. The summed E-state index contributed by atoms with van der Waals surface area (Å²) in [6.45, 7) is 2.00. The SMILES string of the molecule is CC(NC(=O)NC1CCSCC1)c1ccc(-n2cccn2)cc1. The van der Waals surface area contributed by atoms with Crippen LogP contribution >= 0.6 is 11.8 Å². The second-order valence-corrected chi connectivity index (χ2v) is 6.99. The van der Waals surface area contributed by atoms with Crippen molar-refractivity contribution in [1.29, 1.82) is 0 Å². The lowest BCUT2D eigenvalue weighted by atomic mass is 10.1. The minimum absolute atomic E-state index is 0.0281. The van der Waals surface area contributed by atoms with E-state index in [0.717, 1.165) is 35.6 Å². The van der Waals surface area contributed by atoms with Crippen LogP contribution in [0.15, 0.2) is 42.7 Å². The van der Waals surface area contributed by atoms with E-state index in [2.05, 4.69) is 15.7 Å². The average Bonchev–Trinajstić information content (AvgIpc) is 3.10. The highest BCUT2D eigenvalue weighted by molar-refractivity contribution is 7.99. The zero-order chi connectivity index (χ0) is 16.1. The first kappa shape index (κ1) is 15.9. The smallest absolute Gasteiger partial charge is 0.315 e. The summed E-state index contributed by atoms with van der Waals surface area (Å²) in [6.07, 6.45) is 5.79. The van der Waals surface area contributed by atoms with Gasteiger partial charge in [0.05, 0.1) is 11.7 Å². The molecule has 2 heterocycles. The Balaban J connectivity index is 1.55. The zero-order valence-electron chi connectivity index (χ0n) is 13.2. The summed E-state index contributed by atoms with van der Waals surface area (Å²) in [5, 5.41) is 10.3. The predicted molar refractivity (Wildman–Crippen MR) is 94.0 cm³/mol. The van der Waals surface area contributed by atoms with Gasteiger partial charge in [-0.3, -0.25) is 0 Å². The standard InChI is InChI=1S/C17H22N4OS/c1-13(19-17(22)20-15-7-11-23-12-8-15)14-3-5-16(6-4-14)21-10-2-9-18-21/h2-6,9-10,13,15H,7-8,11-12H2,1H3,(H2,19,20,22). The first-order chi connectivity index (χ1) is 11.2. The molecular formula is C17H22N4OS. The molecule has 1 saturated heterocycles. The number of benzene rings is 1. The molecule has 2 N–H and O–H groups in total. The van der Waals surface area contributed by atoms with E-state index in [0.29, 0.717) is 6.04 Å². The van der Waals surface area contributed by atoms with Gasteiger partial charge in [0, 0.05) is 18.4 Å². The lowest BCUT2D eigenvalue weighted by Gasteiger charge is -2.24. The van der Waals surface area contributed by atoms with E-state index in [4.69, 9.17) is 0 Å². The molecular weight excluding hydrogens is 308 g/mol. The first-order valence-corrected chi connectivity index (χ1v) is 9.12. The second-order valence-electron chi connectivity index (χ2n) is 5.77. The van der Waals surface area contributed by atoms with E-state index in [1.807, 2.05) is 59.9 Å². The number of rotatable bonds is 4. The Hall–Kier alpha value is -1.95. The highest BCUT2D eigenvalue weighted by Gasteiger charge is 2.17. The number of nitrogens with one attached hydrogen (secondary N) is 2. The van der Waals surface area contributed by atoms with Gasteiger partial charge in [0.1, 0.15) is 0 Å². The van der Waals surface area contributed by atoms with Gasteiger partial charge in [0.15, 0.2) is 0 Å². The van der Waals surface area contributed by atoms with Crippen molar-refractivity contribution in [3.8, 4) is 5.69 Å². The van der Waals surface area contributed by atoms with Crippen molar-refractivity contribution in [2.45, 2.75) is 31.8 Å². The number of carbonyl (C=O) groups is 1. The fourth-order valence-corrected chi connectivity index (χ4v) is 3.79. The summed E-state index contributed by atoms with van der Waals surface area (Å²) in [6, 6.07) is 10.2. The molecule has 23 heavy (non-hydrogen) atoms. The van der Waals surface area contributed by atoms with Gasteiger partial charge in [-0.25, -0.2) is 9.48 Å². The Bertz CT molecular complexity index is 621. The number of thioether (sulfide) groups is 1. The molecule has 1 aliphatic heterocycles. The Morgan fingerprint density at radius 2 is 2.04 bits per heavy atom. The monoisotopic (exact) mass is 330 g/mol. The summed E-state index contributed by atoms with van der Waals surface area (Å²) in [5.74, 6) is 2.27. The predicted octanol–water partition coefficient (Wildman–Crippen LogP) is 3.13. The van der Waals surface area contributed by atoms with Crippen molar-refractivity contribution in [1.82, 2.24) is 20.4 Å². The van der Waals surface area contributed by atoms with E-state index in [9.17, 15) is 4.79 Å². The third kappa shape index (κ3) is 4.28. The molecule has 6 heteroatoms. The van der Waals surface area contributed by atoms with Crippen LogP contribution < -0.4 is 10.6 Å². The average molecular weight is 330 g/mol. The minimum Gasteiger partial charge on any atom is -0.335 e. The Morgan fingerprint density at radius 3 is 2.70 bits per heavy atom. The fraction of sp³-hybridized carbons (Fsp3) is 0.412. The molecule has 1 fully saturated rings. The zero-order valence-corrected chi connectivity index (χ0v) is 14.1. The van der Waals surface area contributed by atoms with Crippen LogP contribution in [-0.4, -0.2) is 33.4 Å². The maximum atomic E-state index is 12.1. The van der Waals surface area contributed by atoms with E-state index in [1.54, 1.807) is 6.20 Å². The fourth-order valence-electron chi connectivity index (χ4n) is 2.69. The van der Waals surface area contributed by atoms with Crippen LogP contribution in [0.3, 0.4) is 0 Å². The van der Waals surface area contributed by atoms with Crippen LogP contribution in [-0.2, 0) is 0 Å². The molecule has 1 aromatic carbocycles. The van der Waals surface area contributed by atoms with Gasteiger partial charge in [0.25, 0.3) is 0 Å². The molecule has 0 saturated carbocycles. The summed E-state index contributed by atoms with van der Waals surface area (Å²) in [7, 11) is 0. The molecule has 2 aromatic rings. The van der Waals surface area contributed by atoms with E-state index in [1.165, 1.54) is 0 Å². The van der Waals surface area contributed by atoms with Gasteiger partial charge in [-0.15, -0.1) is 0 Å². The third-order valence-corrected chi connectivity index (χ3v) is 5.11. The summed E-state index contributed by atoms with van der Waals surface area (Å²) < 4.78 is 1.82. The van der Waals surface area contributed by atoms with Gasteiger partial charge in [0.2, 0.25) is 0 Å². The van der Waals surface area contributed by atoms with E-state index < -0.39 is 0 Å². The van der Waals surface area contributed by atoms with Crippen molar-refractivity contribution >= 4 is 17.8 Å². The van der Waals surface area contributed by atoms with Crippen molar-refractivity contribution in [3.63, 3.8) is 0 Å². The van der Waals surface area contributed by atoms with Crippen LogP contribution in [0.25, 0.3) is 5.69 Å². The van der Waals surface area contributed by atoms with Crippen molar-refractivity contribution < 1.29 is 4.79 Å². The number of nitrogens with zero attached hydrogens (tertiary/aromatic N) is 2. The summed E-state index contributed by atoms with van der Waals surface area (Å²) >= 11 is 1.96.